The third-order valence-electron chi connectivity index (χ3n) is 3.23. The third kappa shape index (κ3) is 1.58. The van der Waals surface area contributed by atoms with Gasteiger partial charge in [-0.15, -0.1) is 0 Å². The van der Waals surface area contributed by atoms with E-state index in [2.05, 4.69) is 20.8 Å². The van der Waals surface area contributed by atoms with Crippen molar-refractivity contribution < 1.29 is 4.79 Å². The van der Waals surface area contributed by atoms with Crippen molar-refractivity contribution in [3.63, 3.8) is 0 Å². The van der Waals surface area contributed by atoms with Crippen molar-refractivity contribution in [1.29, 1.82) is 0 Å². The predicted octanol–water partition coefficient (Wildman–Crippen LogP) is 2.82. The molecular formula is C9H15ClO. The Labute approximate surface area is 73.1 Å². The van der Waals surface area contributed by atoms with E-state index in [0.717, 1.165) is 12.8 Å². The van der Waals surface area contributed by atoms with Gasteiger partial charge in [0.1, 0.15) is 0 Å². The van der Waals surface area contributed by atoms with Crippen LogP contribution in [0.1, 0.15) is 33.6 Å². The standard InChI is InChI=1S/C9H15ClO/c1-6-7(8(10)11)4-5-9(6,2)3/h6-7H,4-5H2,1-3H3. The minimum atomic E-state index is -0.150. The second-order valence-electron chi connectivity index (χ2n) is 4.23. The van der Waals surface area contributed by atoms with Crippen LogP contribution in [0.4, 0.5) is 0 Å². The lowest BCUT2D eigenvalue weighted by atomic mass is 9.80. The summed E-state index contributed by atoms with van der Waals surface area (Å²) in [4.78, 5) is 10.9. The zero-order valence-electron chi connectivity index (χ0n) is 7.36. The summed E-state index contributed by atoms with van der Waals surface area (Å²) in [5.41, 5.74) is 0.301. The zero-order chi connectivity index (χ0) is 8.65. The fourth-order valence-corrected chi connectivity index (χ4v) is 2.16. The van der Waals surface area contributed by atoms with E-state index in [9.17, 15) is 4.79 Å². The molecule has 0 aliphatic heterocycles. The van der Waals surface area contributed by atoms with Crippen molar-refractivity contribution >= 4 is 16.8 Å². The Morgan fingerprint density at radius 3 is 2.27 bits per heavy atom. The van der Waals surface area contributed by atoms with E-state index >= 15 is 0 Å². The molecule has 1 nitrogen and oxygen atoms in total. The number of hydrogen-bond donors (Lipinski definition) is 0. The average molecular weight is 175 g/mol. The maximum atomic E-state index is 10.9. The predicted molar refractivity (Wildman–Crippen MR) is 46.5 cm³/mol. The maximum Gasteiger partial charge on any atom is 0.225 e. The van der Waals surface area contributed by atoms with Gasteiger partial charge in [0.15, 0.2) is 0 Å². The number of rotatable bonds is 1. The molecule has 0 saturated heterocycles. The minimum Gasteiger partial charge on any atom is -0.281 e. The number of halogens is 1. The lowest BCUT2D eigenvalue weighted by Gasteiger charge is -2.25. The van der Waals surface area contributed by atoms with Crippen LogP contribution in [0.2, 0.25) is 0 Å². The molecule has 0 aromatic carbocycles. The van der Waals surface area contributed by atoms with Gasteiger partial charge >= 0.3 is 0 Å². The highest BCUT2D eigenvalue weighted by molar-refractivity contribution is 6.64. The molecule has 0 aromatic heterocycles. The Bertz CT molecular complexity index is 174. The third-order valence-corrected chi connectivity index (χ3v) is 3.51. The summed E-state index contributed by atoms with van der Waals surface area (Å²) in [7, 11) is 0. The maximum absolute atomic E-state index is 10.9. The van der Waals surface area contributed by atoms with Crippen LogP contribution in [-0.2, 0) is 4.79 Å². The molecule has 0 N–H and O–H groups in total. The first-order valence-electron chi connectivity index (χ1n) is 4.14. The lowest BCUT2D eigenvalue weighted by Crippen LogP contribution is -2.21. The lowest BCUT2D eigenvalue weighted by molar-refractivity contribution is -0.116. The van der Waals surface area contributed by atoms with E-state index in [1.54, 1.807) is 0 Å². The molecule has 1 aliphatic carbocycles. The molecule has 0 heterocycles. The summed E-state index contributed by atoms with van der Waals surface area (Å²) >= 11 is 5.47. The van der Waals surface area contributed by atoms with E-state index in [4.69, 9.17) is 11.6 Å². The molecule has 64 valence electrons. The second-order valence-corrected chi connectivity index (χ2v) is 4.60. The first-order chi connectivity index (χ1) is 4.95. The van der Waals surface area contributed by atoms with Gasteiger partial charge in [0.25, 0.3) is 0 Å². The van der Waals surface area contributed by atoms with Crippen LogP contribution in [-0.4, -0.2) is 5.24 Å². The summed E-state index contributed by atoms with van der Waals surface area (Å²) in [6.45, 7) is 6.53. The van der Waals surface area contributed by atoms with Gasteiger partial charge in [0.05, 0.1) is 0 Å². The number of carbonyl (C=O) groups is 1. The molecule has 0 bridgehead atoms. The summed E-state index contributed by atoms with van der Waals surface area (Å²) in [5, 5.41) is -0.150. The fraction of sp³-hybridized carbons (Fsp3) is 0.889. The van der Waals surface area contributed by atoms with Crippen molar-refractivity contribution in [3.8, 4) is 0 Å². The van der Waals surface area contributed by atoms with Gasteiger partial charge in [-0.25, -0.2) is 0 Å². The molecular weight excluding hydrogens is 160 g/mol. The quantitative estimate of drug-likeness (QED) is 0.559. The van der Waals surface area contributed by atoms with Crippen molar-refractivity contribution in [1.82, 2.24) is 0 Å². The Hall–Kier alpha value is -0.0400. The Morgan fingerprint density at radius 2 is 2.09 bits per heavy atom. The Morgan fingerprint density at radius 1 is 1.55 bits per heavy atom. The monoisotopic (exact) mass is 174 g/mol. The normalized spacial score (nSPS) is 35.6. The number of hydrogen-bond acceptors (Lipinski definition) is 1. The molecule has 2 atom stereocenters. The van der Waals surface area contributed by atoms with Crippen LogP contribution in [0.25, 0.3) is 0 Å². The van der Waals surface area contributed by atoms with Crippen molar-refractivity contribution in [3.05, 3.63) is 0 Å². The molecule has 11 heavy (non-hydrogen) atoms. The van der Waals surface area contributed by atoms with Crippen LogP contribution in [0.15, 0.2) is 0 Å². The van der Waals surface area contributed by atoms with Gasteiger partial charge in [0.2, 0.25) is 5.24 Å². The molecule has 0 aromatic rings. The summed E-state index contributed by atoms with van der Waals surface area (Å²) in [5.74, 6) is 0.541. The van der Waals surface area contributed by atoms with Crippen molar-refractivity contribution in [2.24, 2.45) is 17.3 Å². The van der Waals surface area contributed by atoms with E-state index in [0.29, 0.717) is 11.3 Å². The highest BCUT2D eigenvalue weighted by atomic mass is 35.5. The molecule has 1 rings (SSSR count). The smallest absolute Gasteiger partial charge is 0.225 e. The summed E-state index contributed by atoms with van der Waals surface area (Å²) < 4.78 is 0. The molecule has 1 aliphatic rings. The highest BCUT2D eigenvalue weighted by Crippen LogP contribution is 2.46. The Balaban J connectivity index is 2.71. The average Bonchev–Trinajstić information content (AvgIpc) is 2.09. The van der Waals surface area contributed by atoms with Gasteiger partial charge in [-0.1, -0.05) is 20.8 Å². The highest BCUT2D eigenvalue weighted by Gasteiger charge is 2.41. The fourth-order valence-electron chi connectivity index (χ4n) is 1.86. The van der Waals surface area contributed by atoms with Gasteiger partial charge in [-0.3, -0.25) is 4.79 Å². The van der Waals surface area contributed by atoms with Crippen LogP contribution < -0.4 is 0 Å². The van der Waals surface area contributed by atoms with Crippen LogP contribution in [0.5, 0.6) is 0 Å². The van der Waals surface area contributed by atoms with Gasteiger partial charge in [-0.2, -0.15) is 0 Å². The molecule has 1 saturated carbocycles. The summed E-state index contributed by atoms with van der Waals surface area (Å²) in [6.07, 6.45) is 2.09. The molecule has 1 fully saturated rings. The Kier molecular flexibility index (Phi) is 2.29. The van der Waals surface area contributed by atoms with Gasteiger partial charge in [-0.05, 0) is 35.8 Å². The van der Waals surface area contributed by atoms with E-state index < -0.39 is 0 Å². The van der Waals surface area contributed by atoms with E-state index in [-0.39, 0.29) is 11.2 Å². The molecule has 0 radical (unpaired) electrons. The van der Waals surface area contributed by atoms with Crippen LogP contribution in [0.3, 0.4) is 0 Å². The molecule has 0 amide bonds. The first-order valence-corrected chi connectivity index (χ1v) is 4.52. The van der Waals surface area contributed by atoms with Crippen molar-refractivity contribution in [2.75, 3.05) is 0 Å². The van der Waals surface area contributed by atoms with Crippen molar-refractivity contribution in [2.45, 2.75) is 33.6 Å². The molecule has 2 heteroatoms. The molecule has 2 unspecified atom stereocenters. The topological polar surface area (TPSA) is 17.1 Å². The van der Waals surface area contributed by atoms with E-state index in [1.165, 1.54) is 0 Å². The van der Waals surface area contributed by atoms with Gasteiger partial charge in [0, 0.05) is 5.92 Å². The largest absolute Gasteiger partial charge is 0.281 e. The zero-order valence-corrected chi connectivity index (χ0v) is 8.11. The SMILES string of the molecule is CC1C(C(=O)Cl)CCC1(C)C. The van der Waals surface area contributed by atoms with Crippen LogP contribution in [0, 0.1) is 17.3 Å². The number of carbonyl (C=O) groups excluding carboxylic acids is 1. The van der Waals surface area contributed by atoms with Crippen LogP contribution >= 0.6 is 11.6 Å². The first kappa shape index (κ1) is 9.05. The summed E-state index contributed by atoms with van der Waals surface area (Å²) in [6, 6.07) is 0. The minimum absolute atomic E-state index is 0.103. The van der Waals surface area contributed by atoms with Gasteiger partial charge < -0.3 is 0 Å². The molecule has 0 spiro atoms. The second kappa shape index (κ2) is 2.78. The van der Waals surface area contributed by atoms with E-state index in [1.807, 2.05) is 0 Å².